The van der Waals surface area contributed by atoms with E-state index in [0.717, 1.165) is 10.8 Å². The molecule has 1 fully saturated rings. The molecule has 1 saturated heterocycles. The second-order valence-electron chi connectivity index (χ2n) is 6.45. The Balaban J connectivity index is 1.87. The first-order valence-corrected chi connectivity index (χ1v) is 8.52. The van der Waals surface area contributed by atoms with Gasteiger partial charge in [-0.2, -0.15) is 5.26 Å². The Morgan fingerprint density at radius 2 is 2.00 bits per heavy atom. The van der Waals surface area contributed by atoms with Crippen molar-refractivity contribution in [3.8, 4) is 6.07 Å². The van der Waals surface area contributed by atoms with Gasteiger partial charge in [-0.05, 0) is 25.1 Å². The van der Waals surface area contributed by atoms with Crippen LogP contribution >= 0.6 is 11.6 Å². The monoisotopic (exact) mass is 362 g/mol. The summed E-state index contributed by atoms with van der Waals surface area (Å²) in [4.78, 5) is 20.6. The average molecular weight is 363 g/mol. The number of nitriles is 1. The van der Waals surface area contributed by atoms with E-state index in [1.165, 1.54) is 4.90 Å². The molecule has 128 valence electrons. The number of halogens is 1. The van der Waals surface area contributed by atoms with E-state index in [1.54, 1.807) is 42.4 Å². The fourth-order valence-electron chi connectivity index (χ4n) is 3.36. The topological polar surface area (TPSA) is 60.2 Å². The van der Waals surface area contributed by atoms with E-state index in [1.807, 2.05) is 30.3 Å². The van der Waals surface area contributed by atoms with E-state index in [-0.39, 0.29) is 12.6 Å². The summed E-state index contributed by atoms with van der Waals surface area (Å²) in [7, 11) is 0. The number of carbonyl (C=O) groups is 1. The van der Waals surface area contributed by atoms with Crippen LogP contribution in [0, 0.1) is 11.3 Å². The quantitative estimate of drug-likeness (QED) is 0.668. The summed E-state index contributed by atoms with van der Waals surface area (Å²) in [5, 5.41) is 12.2. The highest BCUT2D eigenvalue weighted by molar-refractivity contribution is 6.31. The summed E-state index contributed by atoms with van der Waals surface area (Å²) < 4.78 is 0. The molecular formula is C20H15ClN4O. The predicted molar refractivity (Wildman–Crippen MR) is 102 cm³/mol. The standard InChI is InChI=1S/C20H15ClN4O/c1-20(12-22)13-24(16-7-4-6-15(21)9-16)19(26)25(20)18-11-23-10-14-5-2-3-8-17(14)18/h2-11H,13H2,1H3/t20-/m1/s1. The first-order chi connectivity index (χ1) is 12.5. The molecule has 4 rings (SSSR count). The Morgan fingerprint density at radius 1 is 1.19 bits per heavy atom. The van der Waals surface area contributed by atoms with Crippen molar-refractivity contribution in [1.82, 2.24) is 4.98 Å². The van der Waals surface area contributed by atoms with Gasteiger partial charge in [-0.1, -0.05) is 41.9 Å². The average Bonchev–Trinajstić information content (AvgIpc) is 2.93. The van der Waals surface area contributed by atoms with Crippen LogP contribution in [0.1, 0.15) is 6.92 Å². The van der Waals surface area contributed by atoms with Gasteiger partial charge in [0.25, 0.3) is 0 Å². The van der Waals surface area contributed by atoms with Crippen molar-refractivity contribution in [2.45, 2.75) is 12.5 Å². The SMILES string of the molecule is C[C@@]1(C#N)CN(c2cccc(Cl)c2)C(=O)N1c1cncc2ccccc12. The maximum absolute atomic E-state index is 13.3. The Morgan fingerprint density at radius 3 is 2.77 bits per heavy atom. The fourth-order valence-corrected chi connectivity index (χ4v) is 3.54. The van der Waals surface area contributed by atoms with Crippen LogP contribution in [-0.2, 0) is 0 Å². The summed E-state index contributed by atoms with van der Waals surface area (Å²) in [6.45, 7) is 2.00. The molecule has 0 radical (unpaired) electrons. The van der Waals surface area contributed by atoms with Crippen LogP contribution < -0.4 is 9.80 Å². The van der Waals surface area contributed by atoms with Gasteiger partial charge in [0.1, 0.15) is 0 Å². The van der Waals surface area contributed by atoms with E-state index in [9.17, 15) is 10.1 Å². The van der Waals surface area contributed by atoms with Gasteiger partial charge in [-0.15, -0.1) is 0 Å². The summed E-state index contributed by atoms with van der Waals surface area (Å²) >= 11 is 6.08. The predicted octanol–water partition coefficient (Wildman–Crippen LogP) is 4.62. The van der Waals surface area contributed by atoms with Gasteiger partial charge in [0.15, 0.2) is 5.54 Å². The smallest absolute Gasteiger partial charge is 0.290 e. The van der Waals surface area contributed by atoms with Gasteiger partial charge in [0.05, 0.1) is 24.5 Å². The lowest BCUT2D eigenvalue weighted by molar-refractivity contribution is 0.255. The van der Waals surface area contributed by atoms with Gasteiger partial charge < -0.3 is 0 Å². The molecule has 0 spiro atoms. The minimum atomic E-state index is -1.02. The first-order valence-electron chi connectivity index (χ1n) is 8.15. The number of nitrogens with zero attached hydrogens (tertiary/aromatic N) is 4. The molecule has 0 bridgehead atoms. The van der Waals surface area contributed by atoms with Crippen molar-refractivity contribution >= 4 is 39.8 Å². The number of pyridine rings is 1. The summed E-state index contributed by atoms with van der Waals surface area (Å²) in [5.74, 6) is 0. The molecule has 0 N–H and O–H groups in total. The van der Waals surface area contributed by atoms with Crippen molar-refractivity contribution in [2.24, 2.45) is 0 Å². The molecule has 2 heterocycles. The molecule has 0 saturated carbocycles. The number of benzene rings is 2. The zero-order valence-corrected chi connectivity index (χ0v) is 14.8. The van der Waals surface area contributed by atoms with Gasteiger partial charge in [0.2, 0.25) is 0 Å². The molecule has 6 heteroatoms. The molecule has 26 heavy (non-hydrogen) atoms. The summed E-state index contributed by atoms with van der Waals surface area (Å²) in [5.41, 5.74) is 0.270. The number of urea groups is 1. The number of anilines is 2. The fraction of sp³-hybridized carbons (Fsp3) is 0.150. The van der Waals surface area contributed by atoms with Crippen LogP contribution in [0.4, 0.5) is 16.2 Å². The van der Waals surface area contributed by atoms with Crippen LogP contribution in [0.15, 0.2) is 60.9 Å². The van der Waals surface area contributed by atoms with Crippen LogP contribution in [0.25, 0.3) is 10.8 Å². The van der Waals surface area contributed by atoms with E-state index >= 15 is 0 Å². The highest BCUT2D eigenvalue weighted by Crippen LogP contribution is 2.38. The molecule has 0 unspecified atom stereocenters. The molecule has 2 aromatic carbocycles. The van der Waals surface area contributed by atoms with Crippen molar-refractivity contribution in [1.29, 1.82) is 5.26 Å². The third-order valence-corrected chi connectivity index (χ3v) is 4.87. The molecule has 5 nitrogen and oxygen atoms in total. The van der Waals surface area contributed by atoms with Gasteiger partial charge in [-0.25, -0.2) is 4.79 Å². The molecule has 1 aromatic heterocycles. The van der Waals surface area contributed by atoms with Crippen molar-refractivity contribution < 1.29 is 4.79 Å². The molecule has 0 aliphatic carbocycles. The second-order valence-corrected chi connectivity index (χ2v) is 6.89. The number of aromatic nitrogens is 1. The number of hydrogen-bond donors (Lipinski definition) is 0. The second kappa shape index (κ2) is 6.01. The highest BCUT2D eigenvalue weighted by atomic mass is 35.5. The summed E-state index contributed by atoms with van der Waals surface area (Å²) in [6, 6.07) is 16.8. The molecule has 1 aliphatic rings. The lowest BCUT2D eigenvalue weighted by atomic mass is 10.0. The van der Waals surface area contributed by atoms with Crippen molar-refractivity contribution in [3.05, 3.63) is 65.9 Å². The summed E-state index contributed by atoms with van der Waals surface area (Å²) in [6.07, 6.45) is 3.38. The zero-order chi connectivity index (χ0) is 18.3. The lowest BCUT2D eigenvalue weighted by Gasteiger charge is -2.27. The number of amides is 2. The van der Waals surface area contributed by atoms with Crippen LogP contribution in [-0.4, -0.2) is 23.1 Å². The number of hydrogen-bond acceptors (Lipinski definition) is 3. The Kier molecular flexibility index (Phi) is 3.78. The largest absolute Gasteiger partial charge is 0.330 e. The minimum absolute atomic E-state index is 0.242. The van der Waals surface area contributed by atoms with Crippen LogP contribution in [0.2, 0.25) is 5.02 Å². The van der Waals surface area contributed by atoms with E-state index in [2.05, 4.69) is 11.1 Å². The van der Waals surface area contributed by atoms with Crippen LogP contribution in [0.3, 0.4) is 0 Å². The van der Waals surface area contributed by atoms with Crippen molar-refractivity contribution in [3.63, 3.8) is 0 Å². The van der Waals surface area contributed by atoms with Gasteiger partial charge >= 0.3 is 6.03 Å². The van der Waals surface area contributed by atoms with E-state index < -0.39 is 5.54 Å². The third-order valence-electron chi connectivity index (χ3n) is 4.63. The molecule has 2 amide bonds. The molecule has 3 aromatic rings. The molecule has 1 atom stereocenters. The van der Waals surface area contributed by atoms with Crippen molar-refractivity contribution in [2.75, 3.05) is 16.3 Å². The Hall–Kier alpha value is -3.10. The first kappa shape index (κ1) is 16.4. The third kappa shape index (κ3) is 2.47. The minimum Gasteiger partial charge on any atom is -0.290 e. The normalized spacial score (nSPS) is 19.8. The highest BCUT2D eigenvalue weighted by Gasteiger charge is 2.49. The van der Waals surface area contributed by atoms with Crippen LogP contribution in [0.5, 0.6) is 0 Å². The lowest BCUT2D eigenvalue weighted by Crippen LogP contribution is -2.43. The number of carbonyl (C=O) groups excluding carboxylic acids is 1. The van der Waals surface area contributed by atoms with Gasteiger partial charge in [0, 0.05) is 27.7 Å². The zero-order valence-electron chi connectivity index (χ0n) is 14.1. The Bertz CT molecular complexity index is 1060. The maximum atomic E-state index is 13.3. The molecule has 1 aliphatic heterocycles. The van der Waals surface area contributed by atoms with Gasteiger partial charge in [-0.3, -0.25) is 14.8 Å². The Labute approximate surface area is 156 Å². The van der Waals surface area contributed by atoms with E-state index in [0.29, 0.717) is 16.4 Å². The number of fused-ring (bicyclic) bond motifs is 1. The maximum Gasteiger partial charge on any atom is 0.330 e. The number of rotatable bonds is 2. The van der Waals surface area contributed by atoms with E-state index in [4.69, 9.17) is 11.6 Å². The molecular weight excluding hydrogens is 348 g/mol.